The number of para-hydroxylation sites is 3. The maximum absolute atomic E-state index is 5.75. The monoisotopic (exact) mass is 582 g/mol. The fourth-order valence-electron chi connectivity index (χ4n) is 6.28. The van der Waals surface area contributed by atoms with Crippen LogP contribution in [0.4, 0.5) is 17.1 Å². The molecule has 6 aromatic carbocycles. The van der Waals surface area contributed by atoms with Crippen LogP contribution in [-0.2, 0) is 0 Å². The molecule has 0 N–H and O–H groups in total. The lowest BCUT2D eigenvalue weighted by Crippen LogP contribution is -2.09. The van der Waals surface area contributed by atoms with E-state index >= 15 is 0 Å². The number of hydrogen-bond acceptors (Lipinski definition) is 4. The summed E-state index contributed by atoms with van der Waals surface area (Å²) in [6.45, 7) is 4.30. The van der Waals surface area contributed by atoms with Crippen LogP contribution >= 0.6 is 0 Å². The summed E-state index contributed by atoms with van der Waals surface area (Å²) in [5.74, 6) is 1.11. The lowest BCUT2D eigenvalue weighted by molar-refractivity contribution is 0.432. The summed E-state index contributed by atoms with van der Waals surface area (Å²) < 4.78 is 8.12. The molecule has 8 aromatic rings. The van der Waals surface area contributed by atoms with Crippen molar-refractivity contribution in [3.8, 4) is 28.5 Å². The van der Waals surface area contributed by atoms with Gasteiger partial charge in [0.2, 0.25) is 5.82 Å². The van der Waals surface area contributed by atoms with E-state index in [1.807, 2.05) is 30.3 Å². The van der Waals surface area contributed by atoms with Crippen LogP contribution in [0.25, 0.3) is 50.3 Å². The first kappa shape index (κ1) is 26.7. The van der Waals surface area contributed by atoms with Crippen molar-refractivity contribution in [1.82, 2.24) is 14.7 Å². The Balaban J connectivity index is 1.27. The van der Waals surface area contributed by atoms with E-state index in [0.29, 0.717) is 11.7 Å². The Bertz CT molecular complexity index is 2250. The van der Waals surface area contributed by atoms with Crippen LogP contribution in [0.15, 0.2) is 150 Å². The minimum Gasteiger partial charge on any atom is -0.334 e. The van der Waals surface area contributed by atoms with Gasteiger partial charge in [-0.2, -0.15) is 4.98 Å². The van der Waals surface area contributed by atoms with Crippen molar-refractivity contribution in [3.05, 3.63) is 157 Å². The summed E-state index contributed by atoms with van der Waals surface area (Å²) >= 11 is 0. The molecule has 0 spiro atoms. The second-order valence-corrected chi connectivity index (χ2v) is 11.2. The molecule has 2 heterocycles. The number of benzene rings is 6. The van der Waals surface area contributed by atoms with E-state index < -0.39 is 0 Å². The first-order valence-corrected chi connectivity index (χ1v) is 15.1. The number of aromatic nitrogens is 3. The van der Waals surface area contributed by atoms with Gasteiger partial charge >= 0.3 is 0 Å². The van der Waals surface area contributed by atoms with Crippen LogP contribution < -0.4 is 4.90 Å². The van der Waals surface area contributed by atoms with Gasteiger partial charge in [-0.15, -0.1) is 0 Å². The molecule has 216 valence electrons. The van der Waals surface area contributed by atoms with Crippen molar-refractivity contribution in [3.63, 3.8) is 0 Å². The Kier molecular flexibility index (Phi) is 6.50. The van der Waals surface area contributed by atoms with E-state index in [0.717, 1.165) is 56.0 Å². The van der Waals surface area contributed by atoms with Crippen molar-refractivity contribution in [2.45, 2.75) is 13.8 Å². The third-order valence-electron chi connectivity index (χ3n) is 8.63. The lowest BCUT2D eigenvalue weighted by Gasteiger charge is -2.25. The van der Waals surface area contributed by atoms with Gasteiger partial charge in [0.25, 0.3) is 5.89 Å². The van der Waals surface area contributed by atoms with E-state index in [1.165, 1.54) is 10.8 Å². The van der Waals surface area contributed by atoms with E-state index in [1.54, 1.807) is 0 Å². The number of nitrogens with zero attached hydrogens (tertiary/aromatic N) is 4. The lowest BCUT2D eigenvalue weighted by atomic mass is 10.0. The second-order valence-electron chi connectivity index (χ2n) is 11.2. The van der Waals surface area contributed by atoms with Gasteiger partial charge in [0.15, 0.2) is 0 Å². The highest BCUT2D eigenvalue weighted by Crippen LogP contribution is 2.40. The van der Waals surface area contributed by atoms with Crippen molar-refractivity contribution < 1.29 is 4.52 Å². The van der Waals surface area contributed by atoms with Gasteiger partial charge < -0.3 is 14.0 Å². The average Bonchev–Trinajstić information content (AvgIpc) is 3.71. The van der Waals surface area contributed by atoms with Gasteiger partial charge in [0.1, 0.15) is 0 Å². The summed E-state index contributed by atoms with van der Waals surface area (Å²) in [7, 11) is 0. The largest absolute Gasteiger partial charge is 0.334 e. The summed E-state index contributed by atoms with van der Waals surface area (Å²) in [6, 6.07) is 50.7. The average molecular weight is 583 g/mol. The Morgan fingerprint density at radius 2 is 1.18 bits per heavy atom. The molecule has 0 bridgehead atoms. The molecule has 0 atom stereocenters. The Labute approximate surface area is 261 Å². The highest BCUT2D eigenvalue weighted by atomic mass is 16.5. The molecule has 2 aromatic heterocycles. The maximum Gasteiger partial charge on any atom is 0.258 e. The maximum atomic E-state index is 5.75. The molecule has 0 amide bonds. The minimum absolute atomic E-state index is 0.523. The van der Waals surface area contributed by atoms with Crippen molar-refractivity contribution in [1.29, 1.82) is 0 Å². The van der Waals surface area contributed by atoms with E-state index in [-0.39, 0.29) is 0 Å². The molecule has 5 nitrogen and oxygen atoms in total. The quantitative estimate of drug-likeness (QED) is 0.196. The molecule has 0 saturated heterocycles. The van der Waals surface area contributed by atoms with Crippen LogP contribution in [0.3, 0.4) is 0 Å². The van der Waals surface area contributed by atoms with Gasteiger partial charge in [-0.25, -0.2) is 0 Å². The first-order chi connectivity index (χ1) is 22.2. The van der Waals surface area contributed by atoms with Crippen LogP contribution in [0.1, 0.15) is 11.1 Å². The SMILES string of the molecule is Cc1c(-c2nc(-c3ccccc3)no2)ccc(-n2c3ccccc3c3cc(N(c4ccccc4)c4ccccc4)ccc32)c1C. The molecule has 45 heavy (non-hydrogen) atoms. The smallest absolute Gasteiger partial charge is 0.258 e. The summed E-state index contributed by atoms with van der Waals surface area (Å²) in [5.41, 5.74) is 10.9. The molecule has 0 aliphatic carbocycles. The molecule has 0 saturated carbocycles. The van der Waals surface area contributed by atoms with Crippen molar-refractivity contribution in [2.75, 3.05) is 4.90 Å². The molecule has 0 radical (unpaired) electrons. The number of rotatable bonds is 6. The first-order valence-electron chi connectivity index (χ1n) is 15.1. The molecule has 0 unspecified atom stereocenters. The second kappa shape index (κ2) is 11.0. The van der Waals surface area contributed by atoms with E-state index in [9.17, 15) is 0 Å². The normalized spacial score (nSPS) is 11.3. The standard InChI is InChI=1S/C40H30N4O/c1-27-28(2)36(25-23-33(27)40-41-39(42-45-40)29-14-6-3-7-15-29)44-37-21-13-12-20-34(37)35-26-32(22-24-38(35)44)43(30-16-8-4-9-17-30)31-18-10-5-11-19-31/h3-26H,1-2H3. The van der Waals surface area contributed by atoms with Gasteiger partial charge in [0.05, 0.1) is 11.0 Å². The number of hydrogen-bond donors (Lipinski definition) is 0. The predicted molar refractivity (Wildman–Crippen MR) is 184 cm³/mol. The highest BCUT2D eigenvalue weighted by Gasteiger charge is 2.20. The molecule has 0 aliphatic heterocycles. The van der Waals surface area contributed by atoms with Crippen molar-refractivity contribution in [2.24, 2.45) is 0 Å². The Morgan fingerprint density at radius 1 is 0.556 bits per heavy atom. The molecular formula is C40H30N4O. The van der Waals surface area contributed by atoms with Crippen LogP contribution in [0.2, 0.25) is 0 Å². The molecule has 8 rings (SSSR count). The summed E-state index contributed by atoms with van der Waals surface area (Å²) in [4.78, 5) is 7.04. The van der Waals surface area contributed by atoms with Gasteiger partial charge in [0, 0.05) is 44.6 Å². The van der Waals surface area contributed by atoms with Gasteiger partial charge in [-0.05, 0) is 85.6 Å². The molecule has 0 fully saturated rings. The molecular weight excluding hydrogens is 552 g/mol. The van der Waals surface area contributed by atoms with Gasteiger partial charge in [-0.1, -0.05) is 90.1 Å². The highest BCUT2D eigenvalue weighted by molar-refractivity contribution is 6.10. The number of anilines is 3. The summed E-state index contributed by atoms with van der Waals surface area (Å²) in [5, 5.41) is 6.67. The zero-order chi connectivity index (χ0) is 30.3. The minimum atomic E-state index is 0.523. The van der Waals surface area contributed by atoms with E-state index in [4.69, 9.17) is 9.51 Å². The zero-order valence-electron chi connectivity index (χ0n) is 25.1. The number of fused-ring (bicyclic) bond motifs is 3. The Hall–Kier alpha value is -5.94. The fourth-order valence-corrected chi connectivity index (χ4v) is 6.28. The third kappa shape index (κ3) is 4.57. The third-order valence-corrected chi connectivity index (χ3v) is 8.63. The van der Waals surface area contributed by atoms with Gasteiger partial charge in [-0.3, -0.25) is 0 Å². The predicted octanol–water partition coefficient (Wildman–Crippen LogP) is 10.6. The molecule has 5 heteroatoms. The van der Waals surface area contributed by atoms with Crippen LogP contribution in [0, 0.1) is 13.8 Å². The van der Waals surface area contributed by atoms with Crippen molar-refractivity contribution >= 4 is 38.9 Å². The molecule has 0 aliphatic rings. The summed E-state index contributed by atoms with van der Waals surface area (Å²) in [6.07, 6.45) is 0. The topological polar surface area (TPSA) is 47.1 Å². The Morgan fingerprint density at radius 3 is 1.89 bits per heavy atom. The van der Waals surface area contributed by atoms with Crippen LogP contribution in [0.5, 0.6) is 0 Å². The van der Waals surface area contributed by atoms with Crippen LogP contribution in [-0.4, -0.2) is 14.7 Å². The fraction of sp³-hybridized carbons (Fsp3) is 0.0500. The van der Waals surface area contributed by atoms with E-state index in [2.05, 4.69) is 144 Å². The zero-order valence-corrected chi connectivity index (χ0v) is 25.1.